The number of cyclic esters (lactones) is 1. The van der Waals surface area contributed by atoms with Gasteiger partial charge in [0.25, 0.3) is 0 Å². The molecule has 0 spiro atoms. The Morgan fingerprint density at radius 3 is 2.50 bits per heavy atom. The van der Waals surface area contributed by atoms with E-state index in [9.17, 15) is 14.7 Å². The zero-order valence-corrected chi connectivity index (χ0v) is 14.8. The molecule has 4 heteroatoms. The number of ketones is 1. The van der Waals surface area contributed by atoms with Gasteiger partial charge in [-0.2, -0.15) is 0 Å². The molecule has 0 amide bonds. The van der Waals surface area contributed by atoms with E-state index in [0.717, 1.165) is 16.7 Å². The predicted molar refractivity (Wildman–Crippen MR) is 98.8 cm³/mol. The van der Waals surface area contributed by atoms with Crippen LogP contribution in [0.2, 0.25) is 0 Å². The second kappa shape index (κ2) is 8.00. The van der Waals surface area contributed by atoms with Gasteiger partial charge in [-0.15, -0.1) is 0 Å². The average molecular weight is 350 g/mol. The lowest BCUT2D eigenvalue weighted by Gasteiger charge is -2.09. The van der Waals surface area contributed by atoms with Gasteiger partial charge in [-0.05, 0) is 37.3 Å². The van der Waals surface area contributed by atoms with Crippen molar-refractivity contribution in [1.29, 1.82) is 0 Å². The summed E-state index contributed by atoms with van der Waals surface area (Å²) in [4.78, 5) is 24.5. The van der Waals surface area contributed by atoms with E-state index in [2.05, 4.69) is 0 Å². The Kier molecular flexibility index (Phi) is 5.52. The number of hydrogen-bond donors (Lipinski definition) is 1. The fraction of sp³-hybridized carbons (Fsp3) is 0.273. The monoisotopic (exact) mass is 350 g/mol. The highest BCUT2D eigenvalue weighted by Gasteiger charge is 2.37. The maximum Gasteiger partial charge on any atom is 0.346 e. The summed E-state index contributed by atoms with van der Waals surface area (Å²) in [7, 11) is 0. The quantitative estimate of drug-likeness (QED) is 0.608. The van der Waals surface area contributed by atoms with Crippen molar-refractivity contribution in [3.05, 3.63) is 82.6 Å². The van der Waals surface area contributed by atoms with Gasteiger partial charge in [0.05, 0.1) is 0 Å². The van der Waals surface area contributed by atoms with Crippen molar-refractivity contribution in [3.8, 4) is 0 Å². The van der Waals surface area contributed by atoms with E-state index in [1.807, 2.05) is 61.5 Å². The van der Waals surface area contributed by atoms with Gasteiger partial charge in [0.2, 0.25) is 0 Å². The van der Waals surface area contributed by atoms with Gasteiger partial charge in [0.1, 0.15) is 5.57 Å². The molecule has 2 aromatic rings. The van der Waals surface area contributed by atoms with E-state index in [1.165, 1.54) is 0 Å². The second-order valence-electron chi connectivity index (χ2n) is 6.59. The summed E-state index contributed by atoms with van der Waals surface area (Å²) in [6.45, 7) is 1.99. The van der Waals surface area contributed by atoms with Gasteiger partial charge < -0.3 is 9.84 Å². The molecule has 1 aliphatic rings. The summed E-state index contributed by atoms with van der Waals surface area (Å²) >= 11 is 0. The van der Waals surface area contributed by atoms with Crippen LogP contribution in [0.25, 0.3) is 0 Å². The number of carbonyl (C=O) groups excluding carboxylic acids is 2. The van der Waals surface area contributed by atoms with E-state index in [0.29, 0.717) is 19.3 Å². The van der Waals surface area contributed by atoms with Gasteiger partial charge in [-0.25, -0.2) is 4.79 Å². The lowest BCUT2D eigenvalue weighted by molar-refractivity contribution is -0.141. The second-order valence-corrected chi connectivity index (χ2v) is 6.59. The first kappa shape index (κ1) is 17.9. The van der Waals surface area contributed by atoms with Gasteiger partial charge in [-0.1, -0.05) is 60.2 Å². The molecule has 0 fully saturated rings. The summed E-state index contributed by atoms with van der Waals surface area (Å²) in [5.41, 5.74) is 3.06. The highest BCUT2D eigenvalue weighted by atomic mass is 16.6. The molecule has 0 aliphatic carbocycles. The lowest BCUT2D eigenvalue weighted by atomic mass is 9.99. The van der Waals surface area contributed by atoms with Crippen LogP contribution in [0.15, 0.2) is 65.9 Å². The van der Waals surface area contributed by atoms with Crippen LogP contribution >= 0.6 is 0 Å². The molecule has 26 heavy (non-hydrogen) atoms. The van der Waals surface area contributed by atoms with E-state index < -0.39 is 12.1 Å². The molecule has 0 saturated carbocycles. The summed E-state index contributed by atoms with van der Waals surface area (Å²) in [5, 5.41) is 10.3. The smallest absolute Gasteiger partial charge is 0.346 e. The van der Waals surface area contributed by atoms with E-state index in [4.69, 9.17) is 4.74 Å². The lowest BCUT2D eigenvalue weighted by Crippen LogP contribution is -2.13. The molecule has 1 heterocycles. The zero-order chi connectivity index (χ0) is 18.5. The fourth-order valence-electron chi connectivity index (χ4n) is 3.15. The molecule has 1 atom stereocenters. The third kappa shape index (κ3) is 4.20. The third-order valence-corrected chi connectivity index (χ3v) is 4.55. The normalized spacial score (nSPS) is 16.7. The zero-order valence-electron chi connectivity index (χ0n) is 14.8. The van der Waals surface area contributed by atoms with Crippen molar-refractivity contribution >= 4 is 11.8 Å². The van der Waals surface area contributed by atoms with Crippen LogP contribution < -0.4 is 0 Å². The Hall–Kier alpha value is -2.88. The maximum absolute atomic E-state index is 12.4. The highest BCUT2D eigenvalue weighted by Crippen LogP contribution is 2.26. The number of aryl methyl sites for hydroxylation is 3. The molecule has 1 unspecified atom stereocenters. The number of Topliss-reactive ketones (excluding diaryl/α,β-unsaturated/α-hetero) is 1. The Bertz CT molecular complexity index is 836. The van der Waals surface area contributed by atoms with Crippen LogP contribution in [0, 0.1) is 6.92 Å². The number of hydrogen-bond acceptors (Lipinski definition) is 4. The van der Waals surface area contributed by atoms with E-state index in [1.54, 1.807) is 0 Å². The Balaban J connectivity index is 1.62. The maximum atomic E-state index is 12.4. The van der Waals surface area contributed by atoms with Crippen LogP contribution in [-0.4, -0.2) is 23.0 Å². The van der Waals surface area contributed by atoms with Gasteiger partial charge in [0, 0.05) is 6.42 Å². The molecule has 2 aromatic carbocycles. The summed E-state index contributed by atoms with van der Waals surface area (Å²) in [6, 6.07) is 17.7. The minimum atomic E-state index is -0.736. The standard InChI is InChI=1S/C22H22O4/c1-15-6-5-9-17(14-15)10-12-18(23)20-21(24)19(26-22(20)25)13-11-16-7-3-2-4-8-16/h2-9,14,19,24H,10-13H2,1H3. The number of aliphatic hydroxyl groups is 1. The first-order valence-electron chi connectivity index (χ1n) is 8.81. The Labute approximate surface area is 153 Å². The van der Waals surface area contributed by atoms with Crippen LogP contribution in [0.1, 0.15) is 29.5 Å². The van der Waals surface area contributed by atoms with E-state index in [-0.39, 0.29) is 23.5 Å². The Morgan fingerprint density at radius 1 is 1.04 bits per heavy atom. The Morgan fingerprint density at radius 2 is 1.77 bits per heavy atom. The molecule has 134 valence electrons. The molecule has 0 saturated heterocycles. The van der Waals surface area contributed by atoms with Crippen molar-refractivity contribution in [2.45, 2.75) is 38.7 Å². The molecule has 1 N–H and O–H groups in total. The fourth-order valence-corrected chi connectivity index (χ4v) is 3.15. The molecule has 0 aromatic heterocycles. The molecule has 1 aliphatic heterocycles. The van der Waals surface area contributed by atoms with Crippen molar-refractivity contribution in [2.24, 2.45) is 0 Å². The number of rotatable bonds is 7. The van der Waals surface area contributed by atoms with Crippen molar-refractivity contribution in [3.63, 3.8) is 0 Å². The van der Waals surface area contributed by atoms with E-state index >= 15 is 0 Å². The van der Waals surface area contributed by atoms with Crippen molar-refractivity contribution in [2.75, 3.05) is 0 Å². The predicted octanol–water partition coefficient (Wildman–Crippen LogP) is 3.87. The largest absolute Gasteiger partial charge is 0.507 e. The molecular weight excluding hydrogens is 328 g/mol. The number of ether oxygens (including phenoxy) is 1. The summed E-state index contributed by atoms with van der Waals surface area (Å²) in [6.07, 6.45) is 1.08. The highest BCUT2D eigenvalue weighted by molar-refractivity contribution is 6.19. The van der Waals surface area contributed by atoms with Gasteiger partial charge in [0.15, 0.2) is 17.6 Å². The molecule has 4 nitrogen and oxygen atoms in total. The molecular formula is C22H22O4. The van der Waals surface area contributed by atoms with Crippen LogP contribution in [-0.2, 0) is 27.2 Å². The van der Waals surface area contributed by atoms with Crippen LogP contribution in [0.4, 0.5) is 0 Å². The minimum Gasteiger partial charge on any atom is -0.507 e. The molecule has 0 radical (unpaired) electrons. The molecule has 3 rings (SSSR count). The first-order chi connectivity index (χ1) is 12.5. The van der Waals surface area contributed by atoms with Crippen molar-refractivity contribution < 1.29 is 19.4 Å². The number of benzene rings is 2. The minimum absolute atomic E-state index is 0.170. The number of esters is 1. The van der Waals surface area contributed by atoms with Crippen molar-refractivity contribution in [1.82, 2.24) is 0 Å². The summed E-state index contributed by atoms with van der Waals surface area (Å²) < 4.78 is 5.22. The van der Waals surface area contributed by atoms with Crippen LogP contribution in [0.5, 0.6) is 0 Å². The molecule has 0 bridgehead atoms. The SMILES string of the molecule is Cc1cccc(CCC(=O)C2=C(O)C(CCc3ccccc3)OC2=O)c1. The summed E-state index contributed by atoms with van der Waals surface area (Å²) in [5.74, 6) is -1.30. The average Bonchev–Trinajstić information content (AvgIpc) is 2.92. The number of aliphatic hydroxyl groups excluding tert-OH is 1. The number of carbonyl (C=O) groups is 2. The first-order valence-corrected chi connectivity index (χ1v) is 8.81. The van der Waals surface area contributed by atoms with Crippen LogP contribution in [0.3, 0.4) is 0 Å². The van der Waals surface area contributed by atoms with Gasteiger partial charge >= 0.3 is 5.97 Å². The third-order valence-electron chi connectivity index (χ3n) is 4.55. The topological polar surface area (TPSA) is 63.6 Å². The van der Waals surface area contributed by atoms with Gasteiger partial charge in [-0.3, -0.25) is 4.79 Å².